The van der Waals surface area contributed by atoms with Crippen molar-refractivity contribution >= 4 is 21.8 Å². The minimum atomic E-state index is -0.0700. The number of benzene rings is 2. The van der Waals surface area contributed by atoms with E-state index >= 15 is 0 Å². The van der Waals surface area contributed by atoms with Crippen molar-refractivity contribution in [2.75, 3.05) is 6.61 Å². The van der Waals surface area contributed by atoms with E-state index in [0.29, 0.717) is 25.1 Å². The lowest BCUT2D eigenvalue weighted by Gasteiger charge is -2.08. The van der Waals surface area contributed by atoms with Crippen LogP contribution in [0.2, 0.25) is 0 Å². The van der Waals surface area contributed by atoms with Crippen molar-refractivity contribution in [3.63, 3.8) is 0 Å². The maximum atomic E-state index is 11.7. The summed E-state index contributed by atoms with van der Waals surface area (Å²) in [4.78, 5) is 11.7. The summed E-state index contributed by atoms with van der Waals surface area (Å²) in [5.41, 5.74) is 1.57. The van der Waals surface area contributed by atoms with E-state index in [-0.39, 0.29) is 5.91 Å². The SMILES string of the molecule is N#Cc1ccc(CNC(=O)CCOc2cccc(Br)c2)cc1. The van der Waals surface area contributed by atoms with Crippen LogP contribution in [-0.2, 0) is 11.3 Å². The fourth-order valence-corrected chi connectivity index (χ4v) is 2.18. The standard InChI is InChI=1S/C17H15BrN2O2/c18-15-2-1-3-16(10-15)22-9-8-17(21)20-12-14-6-4-13(11-19)5-7-14/h1-7,10H,8-9,12H2,(H,20,21). The number of carbonyl (C=O) groups is 1. The number of nitriles is 1. The highest BCUT2D eigenvalue weighted by atomic mass is 79.9. The lowest BCUT2D eigenvalue weighted by molar-refractivity contribution is -0.121. The third-order valence-corrected chi connectivity index (χ3v) is 3.46. The highest BCUT2D eigenvalue weighted by Crippen LogP contribution is 2.17. The molecule has 0 unspecified atom stereocenters. The maximum absolute atomic E-state index is 11.7. The molecule has 22 heavy (non-hydrogen) atoms. The topological polar surface area (TPSA) is 62.1 Å². The van der Waals surface area contributed by atoms with Gasteiger partial charge in [-0.15, -0.1) is 0 Å². The number of hydrogen-bond donors (Lipinski definition) is 1. The summed E-state index contributed by atoms with van der Waals surface area (Å²) < 4.78 is 6.45. The lowest BCUT2D eigenvalue weighted by Crippen LogP contribution is -2.24. The van der Waals surface area contributed by atoms with Crippen LogP contribution in [0.25, 0.3) is 0 Å². The van der Waals surface area contributed by atoms with Crippen molar-refractivity contribution in [3.8, 4) is 11.8 Å². The van der Waals surface area contributed by atoms with Gasteiger partial charge in [0.2, 0.25) is 5.91 Å². The van der Waals surface area contributed by atoms with Crippen molar-refractivity contribution < 1.29 is 9.53 Å². The Kier molecular flexibility index (Phi) is 5.99. The monoisotopic (exact) mass is 358 g/mol. The van der Waals surface area contributed by atoms with Gasteiger partial charge in [0.25, 0.3) is 0 Å². The van der Waals surface area contributed by atoms with Gasteiger partial charge in [-0.3, -0.25) is 4.79 Å². The fourth-order valence-electron chi connectivity index (χ4n) is 1.80. The quantitative estimate of drug-likeness (QED) is 0.860. The van der Waals surface area contributed by atoms with Crippen LogP contribution < -0.4 is 10.1 Å². The highest BCUT2D eigenvalue weighted by Gasteiger charge is 2.03. The molecule has 0 aromatic heterocycles. The molecule has 0 saturated carbocycles. The van der Waals surface area contributed by atoms with Gasteiger partial charge >= 0.3 is 0 Å². The molecule has 0 spiro atoms. The normalized spacial score (nSPS) is 9.82. The molecule has 5 heteroatoms. The van der Waals surface area contributed by atoms with Crippen molar-refractivity contribution in [1.82, 2.24) is 5.32 Å². The third kappa shape index (κ3) is 5.23. The summed E-state index contributed by atoms with van der Waals surface area (Å²) in [6.07, 6.45) is 0.294. The first-order chi connectivity index (χ1) is 10.7. The Bertz CT molecular complexity index is 678. The average molecular weight is 359 g/mol. The molecule has 0 aliphatic rings. The van der Waals surface area contributed by atoms with E-state index in [1.165, 1.54) is 0 Å². The molecular formula is C17H15BrN2O2. The van der Waals surface area contributed by atoms with Crippen LogP contribution in [-0.4, -0.2) is 12.5 Å². The van der Waals surface area contributed by atoms with Crippen molar-refractivity contribution in [3.05, 3.63) is 64.1 Å². The van der Waals surface area contributed by atoms with Gasteiger partial charge in [-0.05, 0) is 35.9 Å². The second-order valence-corrected chi connectivity index (χ2v) is 5.56. The molecule has 0 atom stereocenters. The van der Waals surface area contributed by atoms with Crippen LogP contribution in [0, 0.1) is 11.3 Å². The second kappa shape index (κ2) is 8.20. The molecule has 0 fully saturated rings. The minimum Gasteiger partial charge on any atom is -0.493 e. The van der Waals surface area contributed by atoms with Gasteiger partial charge in [-0.25, -0.2) is 0 Å². The summed E-state index contributed by atoms with van der Waals surface area (Å²) in [6.45, 7) is 0.775. The van der Waals surface area contributed by atoms with Crippen molar-refractivity contribution in [2.24, 2.45) is 0 Å². The predicted molar refractivity (Wildman–Crippen MR) is 87.3 cm³/mol. The van der Waals surface area contributed by atoms with Crippen LogP contribution in [0.5, 0.6) is 5.75 Å². The van der Waals surface area contributed by atoms with E-state index in [9.17, 15) is 4.79 Å². The number of nitrogens with one attached hydrogen (secondary N) is 1. The first-order valence-corrected chi connectivity index (χ1v) is 7.61. The van der Waals surface area contributed by atoms with Crippen LogP contribution >= 0.6 is 15.9 Å². The fraction of sp³-hybridized carbons (Fsp3) is 0.176. The molecule has 0 bridgehead atoms. The Morgan fingerprint density at radius 2 is 2.00 bits per heavy atom. The largest absolute Gasteiger partial charge is 0.493 e. The average Bonchev–Trinajstić information content (AvgIpc) is 2.53. The molecule has 0 saturated heterocycles. The predicted octanol–water partition coefficient (Wildman–Crippen LogP) is 3.41. The van der Waals surface area contributed by atoms with E-state index < -0.39 is 0 Å². The summed E-state index contributed by atoms with van der Waals surface area (Å²) >= 11 is 3.36. The van der Waals surface area contributed by atoms with E-state index in [4.69, 9.17) is 10.00 Å². The Morgan fingerprint density at radius 1 is 1.23 bits per heavy atom. The maximum Gasteiger partial charge on any atom is 0.223 e. The third-order valence-electron chi connectivity index (χ3n) is 2.97. The number of nitrogens with zero attached hydrogens (tertiary/aromatic N) is 1. The summed E-state index contributed by atoms with van der Waals surface area (Å²) in [7, 11) is 0. The van der Waals surface area contributed by atoms with E-state index in [1.807, 2.05) is 36.4 Å². The zero-order valence-electron chi connectivity index (χ0n) is 11.9. The zero-order valence-corrected chi connectivity index (χ0v) is 13.5. The molecule has 0 heterocycles. The first kappa shape index (κ1) is 16.1. The van der Waals surface area contributed by atoms with Gasteiger partial charge in [0.05, 0.1) is 24.7 Å². The zero-order chi connectivity index (χ0) is 15.8. The minimum absolute atomic E-state index is 0.0700. The van der Waals surface area contributed by atoms with E-state index in [2.05, 4.69) is 27.3 Å². The second-order valence-electron chi connectivity index (χ2n) is 4.64. The van der Waals surface area contributed by atoms with Crippen molar-refractivity contribution in [2.45, 2.75) is 13.0 Å². The van der Waals surface area contributed by atoms with Gasteiger partial charge in [0.15, 0.2) is 0 Å². The molecule has 2 aromatic rings. The highest BCUT2D eigenvalue weighted by molar-refractivity contribution is 9.10. The number of rotatable bonds is 6. The Balaban J connectivity index is 1.70. The Hall–Kier alpha value is -2.32. The Morgan fingerprint density at radius 3 is 2.68 bits per heavy atom. The van der Waals surface area contributed by atoms with Gasteiger partial charge in [0.1, 0.15) is 5.75 Å². The van der Waals surface area contributed by atoms with Crippen LogP contribution in [0.1, 0.15) is 17.5 Å². The first-order valence-electron chi connectivity index (χ1n) is 6.81. The molecule has 2 aromatic carbocycles. The molecule has 1 amide bonds. The van der Waals surface area contributed by atoms with E-state index in [1.54, 1.807) is 12.1 Å². The van der Waals surface area contributed by atoms with Gasteiger partial charge in [0, 0.05) is 11.0 Å². The molecule has 2 rings (SSSR count). The lowest BCUT2D eigenvalue weighted by atomic mass is 10.1. The number of halogens is 1. The van der Waals surface area contributed by atoms with Crippen LogP contribution in [0.4, 0.5) is 0 Å². The molecule has 0 aliphatic heterocycles. The number of carbonyl (C=O) groups excluding carboxylic acids is 1. The van der Waals surface area contributed by atoms with E-state index in [0.717, 1.165) is 15.8 Å². The summed E-state index contributed by atoms with van der Waals surface area (Å²) in [6, 6.07) is 16.7. The molecule has 0 radical (unpaired) electrons. The molecule has 1 N–H and O–H groups in total. The number of ether oxygens (including phenoxy) is 1. The molecule has 0 aliphatic carbocycles. The summed E-state index contributed by atoms with van der Waals surface area (Å²) in [5.74, 6) is 0.661. The van der Waals surface area contributed by atoms with Gasteiger partial charge in [-0.1, -0.05) is 34.1 Å². The molecular weight excluding hydrogens is 344 g/mol. The van der Waals surface area contributed by atoms with Crippen LogP contribution in [0.15, 0.2) is 53.0 Å². The number of amides is 1. The Labute approximate surface area is 137 Å². The van der Waals surface area contributed by atoms with Gasteiger partial charge < -0.3 is 10.1 Å². The number of hydrogen-bond acceptors (Lipinski definition) is 3. The molecule has 4 nitrogen and oxygen atoms in total. The van der Waals surface area contributed by atoms with Crippen LogP contribution in [0.3, 0.4) is 0 Å². The summed E-state index contributed by atoms with van der Waals surface area (Å²) in [5, 5.41) is 11.5. The molecule has 112 valence electrons. The smallest absolute Gasteiger partial charge is 0.223 e. The van der Waals surface area contributed by atoms with Gasteiger partial charge in [-0.2, -0.15) is 5.26 Å². The van der Waals surface area contributed by atoms with Crippen molar-refractivity contribution in [1.29, 1.82) is 5.26 Å².